The van der Waals surface area contributed by atoms with Crippen LogP contribution in [0.2, 0.25) is 0 Å². The van der Waals surface area contributed by atoms with Gasteiger partial charge in [-0.05, 0) is 165 Å². The number of nitrogens with zero attached hydrogens (tertiary/aromatic N) is 14. The Morgan fingerprint density at radius 1 is 0.380 bits per heavy atom. The summed E-state index contributed by atoms with van der Waals surface area (Å²) in [4.78, 5) is 57.2. The van der Waals surface area contributed by atoms with E-state index in [1.54, 1.807) is 64.4 Å². The fraction of sp³-hybridized carbons (Fsp3) is 0.0811. The number of phenolic OH excluding ortho intramolecular Hbond substituents is 2. The minimum Gasteiger partial charge on any atom is -0.661 e. The molecule has 7 aromatic heterocycles. The average molecular weight is 2590 g/mol. The number of allylic oxidation sites excluding steroid dienone is 4. The number of thioether (sulfide) groups is 2. The average Bonchev–Trinajstić information content (AvgIpc) is 1.61. The van der Waals surface area contributed by atoms with Crippen molar-refractivity contribution in [3.8, 4) is 66.5 Å². The molecule has 5 aliphatic rings. The third-order valence-electron chi connectivity index (χ3n) is 21.9. The van der Waals surface area contributed by atoms with E-state index in [1.165, 1.54) is 9.79 Å². The first kappa shape index (κ1) is 98.5. The van der Waals surface area contributed by atoms with Gasteiger partial charge in [0.1, 0.15) is 17.3 Å². The smallest absolute Gasteiger partial charge is 0.661 e. The van der Waals surface area contributed by atoms with Crippen molar-refractivity contribution >= 4 is 154 Å². The number of anilines is 4. The van der Waals surface area contributed by atoms with Gasteiger partial charge >= 0.3 is 42.1 Å². The molecule has 0 amide bonds. The number of thiazole rings is 2. The van der Waals surface area contributed by atoms with Crippen molar-refractivity contribution in [1.82, 2.24) is 34.9 Å². The van der Waals surface area contributed by atoms with E-state index in [1.807, 2.05) is 351 Å². The van der Waals surface area contributed by atoms with Crippen LogP contribution in [0.5, 0.6) is 11.5 Å². The summed E-state index contributed by atoms with van der Waals surface area (Å²) >= 11 is 6.51. The number of Topliss-reactive ketones (excluding diaryl/α,β-unsaturated/α-hetero) is 1. The van der Waals surface area contributed by atoms with E-state index < -0.39 is 0 Å². The number of rotatable bonds is 15. The molecule has 0 radical (unpaired) electrons. The number of carbonyl (C=O) groups excluding carboxylic acids is 1. The molecule has 18 nitrogen and oxygen atoms in total. The molecule has 0 fully saturated rings. The van der Waals surface area contributed by atoms with Gasteiger partial charge in [0.2, 0.25) is 0 Å². The quantitative estimate of drug-likeness (QED) is 0.0808. The molecule has 0 spiro atoms. The van der Waals surface area contributed by atoms with Crippen molar-refractivity contribution in [3.63, 3.8) is 0 Å². The number of benzene rings is 10. The zero-order valence-electron chi connectivity index (χ0n) is 74.4. The number of hydrogen-bond acceptors (Lipinski definition) is 17. The van der Waals surface area contributed by atoms with E-state index >= 15 is 0 Å². The number of para-hydroxylation sites is 12. The number of aromatic nitrogens is 7. The van der Waals surface area contributed by atoms with Crippen LogP contribution in [0.4, 0.5) is 45.5 Å². The second-order valence-electron chi connectivity index (χ2n) is 33.5. The van der Waals surface area contributed by atoms with E-state index in [2.05, 4.69) is 78.9 Å². The minimum atomic E-state index is -0.355. The Kier molecular flexibility index (Phi) is 31.7. The molecular formula is C111H85N14O4Pt4S4-. The molecule has 137 heavy (non-hydrogen) atoms. The number of carbonyl (C=O) groups is 1. The van der Waals surface area contributed by atoms with E-state index in [4.69, 9.17) is 40.5 Å². The molecule has 0 saturated carbocycles. The Morgan fingerprint density at radius 2 is 0.766 bits per heavy atom. The summed E-state index contributed by atoms with van der Waals surface area (Å²) in [5.41, 5.74) is 22.1. The Morgan fingerprint density at radius 3 is 1.19 bits per heavy atom. The monoisotopic (exact) mass is 2590 g/mol. The summed E-state index contributed by atoms with van der Waals surface area (Å²) in [7, 11) is 0. The molecule has 10 aromatic carbocycles. The number of aliphatic imine (C=N–C) groups is 1. The van der Waals surface area contributed by atoms with Crippen LogP contribution in [0.3, 0.4) is 0 Å². The van der Waals surface area contributed by atoms with Gasteiger partial charge in [0.15, 0.2) is 10.0 Å². The third-order valence-corrected chi connectivity index (χ3v) is 26.0. The Bertz CT molecular complexity index is 7160. The maximum Gasteiger partial charge on any atom is 2.00 e. The van der Waals surface area contributed by atoms with Crippen LogP contribution in [0.25, 0.3) is 127 Å². The summed E-state index contributed by atoms with van der Waals surface area (Å²) in [6.45, 7) is 11.6. The number of phenols is 2. The summed E-state index contributed by atoms with van der Waals surface area (Å²) in [5, 5.41) is 53.6. The molecule has 12 heterocycles. The van der Waals surface area contributed by atoms with Crippen molar-refractivity contribution in [3.05, 3.63) is 434 Å². The summed E-state index contributed by atoms with van der Waals surface area (Å²) < 4.78 is 2.09. The van der Waals surface area contributed by atoms with Gasteiger partial charge in [-0.3, -0.25) is 4.79 Å². The van der Waals surface area contributed by atoms with Crippen molar-refractivity contribution in [2.75, 3.05) is 9.80 Å². The maximum atomic E-state index is 12.1. The largest absolute Gasteiger partial charge is 2.00 e. The molecule has 0 aliphatic carbocycles. The van der Waals surface area contributed by atoms with Crippen molar-refractivity contribution < 1.29 is 104 Å². The first-order valence-electron chi connectivity index (χ1n) is 43.2. The van der Waals surface area contributed by atoms with Crippen LogP contribution >= 0.6 is 46.2 Å². The number of fused-ring (bicyclic) bond motifs is 6. The van der Waals surface area contributed by atoms with E-state index in [-0.39, 0.29) is 112 Å². The van der Waals surface area contributed by atoms with Crippen LogP contribution in [0.15, 0.2) is 394 Å². The normalized spacial score (nSPS) is 14.5. The van der Waals surface area contributed by atoms with Crippen LogP contribution in [-0.4, -0.2) is 56.7 Å². The molecule has 0 unspecified atom stereocenters. The second kappa shape index (κ2) is 44.0. The van der Waals surface area contributed by atoms with E-state index in [0.717, 1.165) is 183 Å². The molecule has 688 valence electrons. The van der Waals surface area contributed by atoms with E-state index in [0.29, 0.717) is 17.9 Å². The Hall–Kier alpha value is -13.0. The molecular weight excluding hydrogens is 2500 g/mol. The van der Waals surface area contributed by atoms with Crippen LogP contribution in [0, 0.1) is 10.8 Å². The summed E-state index contributed by atoms with van der Waals surface area (Å²) in [6.07, 6.45) is 15.7. The number of aliphatic hydroxyl groups is 1. The third kappa shape index (κ3) is 23.1. The standard InChI is InChI=1S/C38H26N6.C26H16N4S2.C26H16N2O2S2.C21H27N2O2.4Pt/c1-3-15-29(16-4-1)43-35-23-9-7-19-33(35)41-37(43)25-27-13-11-21-31(39-27)32-22-12-14-28(40-32)26-38-42-34-20-8-10-24-36(34)44(38)30-17-5-2-6-18-30;1-3-13-23-21(9-1)29-25(31-23)15-17-7-5-11-19(27-17)20-12-6-8-18(28-20)16-26-30-22-10-2-4-14-24(22)32-26;29-19-11-3-1-7-15(19)17-9-5-13-21-23(17)27-25(31-21)26-28-24-18(10-6-14-22(24)32-26)16-8-2-4-12-20(16)30;1-20(2,3)18(24)12-16-9-7-14(22-16)11-15-8-10-17(23-15)13-19(25)21(4,5)6;;;;/h1-26H;1-16H;1-14,29-30H;7-12H,13H2,1-6H3,(H-,22,23,24);;;;/q2*-2;;-1;;;2*+2. The minimum absolute atomic E-state index is 0. The van der Waals surface area contributed by atoms with Gasteiger partial charge < -0.3 is 51.4 Å². The fourth-order valence-corrected chi connectivity index (χ4v) is 18.9. The Labute approximate surface area is 869 Å². The maximum absolute atomic E-state index is 12.1. The van der Waals surface area contributed by atoms with Crippen LogP contribution < -0.4 is 14.8 Å². The van der Waals surface area contributed by atoms with Gasteiger partial charge in [-0.2, -0.15) is 5.69 Å². The number of pyridine rings is 4. The second-order valence-corrected chi connectivity index (χ2v) is 37.7. The van der Waals surface area contributed by atoms with E-state index in [9.17, 15) is 20.1 Å². The van der Waals surface area contributed by atoms with Gasteiger partial charge in [0.25, 0.3) is 0 Å². The molecule has 17 aromatic rings. The molecule has 26 heteroatoms. The predicted molar refractivity (Wildman–Crippen MR) is 549 cm³/mol. The van der Waals surface area contributed by atoms with Gasteiger partial charge in [-0.1, -0.05) is 312 Å². The molecule has 0 atom stereocenters. The predicted octanol–water partition coefficient (Wildman–Crippen LogP) is 30.8. The molecule has 5 aliphatic heterocycles. The summed E-state index contributed by atoms with van der Waals surface area (Å²) in [6, 6.07) is 108. The number of hydrogen-bond donors (Lipinski definition) is 3. The fourth-order valence-electron chi connectivity index (χ4n) is 15.1. The van der Waals surface area contributed by atoms with Crippen molar-refractivity contribution in [1.29, 1.82) is 0 Å². The number of ketones is 1. The Balaban J connectivity index is 0.000000140. The first-order valence-corrected chi connectivity index (χ1v) is 46.5. The zero-order valence-corrected chi connectivity index (χ0v) is 86.8. The SMILES string of the molecule is C(=C1[N-]c2ccccc2N1c1ccccc1)c1cccc(-c2cccc(C=C3[N-]c4ccccc4N3c3ccccc3)n2)n1.C(=C1[N-]c2ccccc2S1)c1cccc(-c2cccc(C=C3[N-]c4ccccc4S3)n2)n1.CC(C)(C)C(=O)Cc1ccc(C=C2C=CC(C=C(O)C(C)(C)C)=N2)[n-]1.Oc1ccccc1-c1cccc2sc(-c3nc4c(-c5ccccc5O)cccc4s3)nc12.[Pt+2].[Pt+2].[Pt].[Pt]. The number of aliphatic hydroxyl groups excluding tert-OH is 1. The van der Waals surface area contributed by atoms with Crippen LogP contribution in [0.1, 0.15) is 75.7 Å². The van der Waals surface area contributed by atoms with Gasteiger partial charge in [0, 0.05) is 87.7 Å². The van der Waals surface area contributed by atoms with Gasteiger partial charge in [-0.25, -0.2) is 34.9 Å². The van der Waals surface area contributed by atoms with Crippen molar-refractivity contribution in [2.45, 2.75) is 57.8 Å². The van der Waals surface area contributed by atoms with Crippen molar-refractivity contribution in [2.24, 2.45) is 15.8 Å². The molecule has 0 saturated heterocycles. The topological polar surface area (TPSA) is 244 Å². The number of aromatic hydroxyl groups is 2. The van der Waals surface area contributed by atoms with Gasteiger partial charge in [0.05, 0.1) is 83.2 Å². The van der Waals surface area contributed by atoms with Crippen LogP contribution in [-0.2, 0) is 95.5 Å². The molecule has 3 N–H and O–H groups in total. The zero-order chi connectivity index (χ0) is 91.1. The molecule has 0 bridgehead atoms. The summed E-state index contributed by atoms with van der Waals surface area (Å²) in [5.74, 6) is 2.58. The molecule has 22 rings (SSSR count). The first-order chi connectivity index (χ1) is 64.7. The van der Waals surface area contributed by atoms with Gasteiger partial charge in [-0.15, -0.1) is 63.3 Å².